The van der Waals surface area contributed by atoms with E-state index in [-0.39, 0.29) is 31.1 Å². The molecule has 478 valence electrons. The lowest BCUT2D eigenvalue weighted by molar-refractivity contribution is -0.167. The van der Waals surface area contributed by atoms with Gasteiger partial charge in [-0.2, -0.15) is 0 Å². The summed E-state index contributed by atoms with van der Waals surface area (Å²) in [4.78, 5) is 38.5. The number of ether oxygens (including phenoxy) is 3. The highest BCUT2D eigenvalue weighted by Gasteiger charge is 2.19. The maximum Gasteiger partial charge on any atom is 0.306 e. The summed E-state index contributed by atoms with van der Waals surface area (Å²) in [6.07, 6.45) is 95.8. The second-order valence-electron chi connectivity index (χ2n) is 23.8. The molecule has 0 spiro atoms. The van der Waals surface area contributed by atoms with Crippen LogP contribution in [0, 0.1) is 0 Å². The van der Waals surface area contributed by atoms with Crippen LogP contribution < -0.4 is 0 Å². The van der Waals surface area contributed by atoms with Crippen LogP contribution in [0.25, 0.3) is 0 Å². The van der Waals surface area contributed by atoms with Crippen LogP contribution in [0.1, 0.15) is 355 Å². The second-order valence-corrected chi connectivity index (χ2v) is 23.8. The molecule has 0 aliphatic carbocycles. The van der Waals surface area contributed by atoms with E-state index in [0.717, 1.165) is 116 Å². The normalized spacial score (nSPS) is 12.7. The first kappa shape index (κ1) is 79.3. The zero-order chi connectivity index (χ0) is 59.9. The zero-order valence-corrected chi connectivity index (χ0v) is 54.9. The van der Waals surface area contributed by atoms with Crippen LogP contribution in [0.15, 0.2) is 97.2 Å². The SMILES string of the molecule is CC/C=C\C/C=C\C/C=C\C/C=C\CCCCCCCCCCC(=O)OC(COC(=O)CCCCCCC/C=C\C/C=C\CCCCC)COC(=O)CCCCCCCCCCCCCCCCCCC/C=C\C/C=C\CCCCCCC. The van der Waals surface area contributed by atoms with E-state index in [2.05, 4.69) is 118 Å². The van der Waals surface area contributed by atoms with Crippen LogP contribution in [-0.2, 0) is 28.6 Å². The Hall–Kier alpha value is -3.67. The number of carbonyl (C=O) groups is 3. The topological polar surface area (TPSA) is 78.9 Å². The third-order valence-electron chi connectivity index (χ3n) is 15.5. The second kappa shape index (κ2) is 70.8. The Morgan fingerprint density at radius 2 is 0.470 bits per heavy atom. The number of carbonyl (C=O) groups excluding carboxylic acids is 3. The molecule has 83 heavy (non-hydrogen) atoms. The number of esters is 3. The summed E-state index contributed by atoms with van der Waals surface area (Å²) < 4.78 is 17.0. The fourth-order valence-electron chi connectivity index (χ4n) is 10.2. The summed E-state index contributed by atoms with van der Waals surface area (Å²) in [7, 11) is 0. The summed E-state index contributed by atoms with van der Waals surface area (Å²) in [5, 5.41) is 0. The third kappa shape index (κ3) is 69.0. The van der Waals surface area contributed by atoms with Crippen molar-refractivity contribution in [2.75, 3.05) is 13.2 Å². The number of allylic oxidation sites excluding steroid dienone is 16. The minimum atomic E-state index is -0.790. The van der Waals surface area contributed by atoms with Gasteiger partial charge in [0.15, 0.2) is 6.10 Å². The van der Waals surface area contributed by atoms with Gasteiger partial charge >= 0.3 is 17.9 Å². The molecule has 1 atom stereocenters. The number of rotatable bonds is 65. The van der Waals surface area contributed by atoms with Crippen molar-refractivity contribution in [1.82, 2.24) is 0 Å². The van der Waals surface area contributed by atoms with Crippen LogP contribution in [-0.4, -0.2) is 37.2 Å². The molecule has 0 radical (unpaired) electrons. The molecule has 0 heterocycles. The Morgan fingerprint density at radius 3 is 0.759 bits per heavy atom. The Kier molecular flexibility index (Phi) is 67.7. The van der Waals surface area contributed by atoms with E-state index >= 15 is 0 Å². The molecular formula is C77H134O6. The first-order valence-corrected chi connectivity index (χ1v) is 35.7. The van der Waals surface area contributed by atoms with E-state index in [1.807, 2.05) is 0 Å². The van der Waals surface area contributed by atoms with Gasteiger partial charge in [0.2, 0.25) is 0 Å². The molecule has 0 aromatic rings. The molecule has 0 N–H and O–H groups in total. The molecule has 6 heteroatoms. The third-order valence-corrected chi connectivity index (χ3v) is 15.5. The fraction of sp³-hybridized carbons (Fsp3) is 0.753. The molecule has 1 unspecified atom stereocenters. The zero-order valence-electron chi connectivity index (χ0n) is 54.9. The van der Waals surface area contributed by atoms with Crippen molar-refractivity contribution < 1.29 is 28.6 Å². The van der Waals surface area contributed by atoms with Crippen molar-refractivity contribution in [1.29, 1.82) is 0 Å². The van der Waals surface area contributed by atoms with Crippen LogP contribution >= 0.6 is 0 Å². The summed E-state index contributed by atoms with van der Waals surface area (Å²) in [6, 6.07) is 0. The van der Waals surface area contributed by atoms with Gasteiger partial charge < -0.3 is 14.2 Å². The van der Waals surface area contributed by atoms with Gasteiger partial charge in [0.05, 0.1) is 0 Å². The van der Waals surface area contributed by atoms with E-state index in [1.54, 1.807) is 0 Å². The highest BCUT2D eigenvalue weighted by atomic mass is 16.6. The highest BCUT2D eigenvalue weighted by molar-refractivity contribution is 5.71. The van der Waals surface area contributed by atoms with Gasteiger partial charge in [0, 0.05) is 19.3 Å². The van der Waals surface area contributed by atoms with Gasteiger partial charge in [-0.1, -0.05) is 311 Å². The van der Waals surface area contributed by atoms with E-state index in [1.165, 1.54) is 199 Å². The molecule has 0 aromatic carbocycles. The molecule has 0 saturated heterocycles. The Balaban J connectivity index is 4.29. The Bertz CT molecular complexity index is 1610. The predicted octanol–water partition coefficient (Wildman–Crippen LogP) is 24.8. The summed E-state index contributed by atoms with van der Waals surface area (Å²) in [5.41, 5.74) is 0. The van der Waals surface area contributed by atoms with Crippen LogP contribution in [0.4, 0.5) is 0 Å². The van der Waals surface area contributed by atoms with E-state index < -0.39 is 6.10 Å². The monoisotopic (exact) mass is 1160 g/mol. The van der Waals surface area contributed by atoms with Gasteiger partial charge in [0.1, 0.15) is 13.2 Å². The van der Waals surface area contributed by atoms with E-state index in [0.29, 0.717) is 19.3 Å². The number of hydrogen-bond donors (Lipinski definition) is 0. The Labute approximate surface area is 515 Å². The van der Waals surface area contributed by atoms with Gasteiger partial charge in [0.25, 0.3) is 0 Å². The lowest BCUT2D eigenvalue weighted by Gasteiger charge is -2.18. The minimum Gasteiger partial charge on any atom is -0.462 e. The average molecular weight is 1160 g/mol. The lowest BCUT2D eigenvalue weighted by atomic mass is 10.0. The first-order valence-electron chi connectivity index (χ1n) is 35.7. The Morgan fingerprint density at radius 1 is 0.253 bits per heavy atom. The first-order chi connectivity index (χ1) is 41.0. The molecule has 0 aliphatic heterocycles. The maximum atomic E-state index is 13.0. The minimum absolute atomic E-state index is 0.0832. The molecule has 0 fully saturated rings. The van der Waals surface area contributed by atoms with Crippen LogP contribution in [0.5, 0.6) is 0 Å². The number of hydrogen-bond acceptors (Lipinski definition) is 6. The number of unbranched alkanes of at least 4 members (excludes halogenated alkanes) is 38. The predicted molar refractivity (Wildman–Crippen MR) is 362 cm³/mol. The molecular weight excluding hydrogens is 1020 g/mol. The van der Waals surface area contributed by atoms with Gasteiger partial charge in [-0.05, 0) is 122 Å². The quantitative estimate of drug-likeness (QED) is 0.0261. The lowest BCUT2D eigenvalue weighted by Crippen LogP contribution is -2.30. The fourth-order valence-corrected chi connectivity index (χ4v) is 10.2. The molecule has 6 nitrogen and oxygen atoms in total. The molecule has 0 saturated carbocycles. The van der Waals surface area contributed by atoms with Crippen molar-refractivity contribution in [2.24, 2.45) is 0 Å². The summed E-state index contributed by atoms with van der Waals surface area (Å²) in [6.45, 7) is 6.51. The smallest absolute Gasteiger partial charge is 0.306 e. The van der Waals surface area contributed by atoms with Gasteiger partial charge in [-0.15, -0.1) is 0 Å². The standard InChI is InChI=1S/C77H134O6/c1-4-7-10-13-16-19-22-25-28-30-32-34-35-36-37-38-39-40-41-43-44-46-49-52-55-58-61-64-67-70-76(79)82-73-74(72-81-75(78)69-66-63-60-57-54-51-48-27-24-21-18-15-12-9-6-3)83-77(80)71-68-65-62-59-56-53-50-47-45-42-33-31-29-26-23-20-17-14-11-8-5-2/h8,11,17-18,20-22,25-27,29-30,32-33,42,48,74H,4-7,9-10,12-16,19,23-24,28,31,34-41,43-47,49-73H2,1-3H3/b11-8-,20-17-,21-18-,25-22-,29-26-,32-30-,42-33-,48-27-. The molecule has 0 bridgehead atoms. The molecule has 0 rings (SSSR count). The largest absolute Gasteiger partial charge is 0.462 e. The highest BCUT2D eigenvalue weighted by Crippen LogP contribution is 2.17. The average Bonchev–Trinajstić information content (AvgIpc) is 3.49. The van der Waals surface area contributed by atoms with E-state index in [9.17, 15) is 14.4 Å². The van der Waals surface area contributed by atoms with Gasteiger partial charge in [-0.3, -0.25) is 14.4 Å². The van der Waals surface area contributed by atoms with E-state index in [4.69, 9.17) is 14.2 Å². The van der Waals surface area contributed by atoms with Gasteiger partial charge in [-0.25, -0.2) is 0 Å². The summed E-state index contributed by atoms with van der Waals surface area (Å²) in [5.74, 6) is -0.890. The van der Waals surface area contributed by atoms with Crippen molar-refractivity contribution in [3.63, 3.8) is 0 Å². The van der Waals surface area contributed by atoms with Crippen molar-refractivity contribution >= 4 is 17.9 Å². The molecule has 0 aliphatic rings. The van der Waals surface area contributed by atoms with Crippen LogP contribution in [0.3, 0.4) is 0 Å². The van der Waals surface area contributed by atoms with Crippen molar-refractivity contribution in [3.8, 4) is 0 Å². The van der Waals surface area contributed by atoms with Crippen molar-refractivity contribution in [3.05, 3.63) is 97.2 Å². The van der Waals surface area contributed by atoms with Crippen LogP contribution in [0.2, 0.25) is 0 Å². The van der Waals surface area contributed by atoms with Crippen molar-refractivity contribution in [2.45, 2.75) is 361 Å². The summed E-state index contributed by atoms with van der Waals surface area (Å²) >= 11 is 0. The molecule has 0 aromatic heterocycles. The maximum absolute atomic E-state index is 13.0. The molecule has 0 amide bonds.